The second-order valence-electron chi connectivity index (χ2n) is 6.89. The van der Waals surface area contributed by atoms with Gasteiger partial charge in [0.25, 0.3) is 0 Å². The molecule has 0 aliphatic rings. The van der Waals surface area contributed by atoms with Crippen LogP contribution >= 0.6 is 0 Å². The van der Waals surface area contributed by atoms with Gasteiger partial charge in [-0.15, -0.1) is 0 Å². The maximum absolute atomic E-state index is 9.24. The average Bonchev–Trinajstić information content (AvgIpc) is 2.57. The summed E-state index contributed by atoms with van der Waals surface area (Å²) < 4.78 is 2.15. The molecule has 0 spiro atoms. The fourth-order valence-corrected chi connectivity index (χ4v) is 3.09. The lowest BCUT2D eigenvalue weighted by Gasteiger charge is -2.03. The van der Waals surface area contributed by atoms with E-state index in [1.54, 1.807) is 12.1 Å². The Hall–Kier alpha value is -1.05. The van der Waals surface area contributed by atoms with E-state index in [-0.39, 0.29) is 0 Å². The molecule has 2 heteroatoms. The number of aryl methyl sites for hydroxylation is 1. The van der Waals surface area contributed by atoms with Crippen LogP contribution in [0.5, 0.6) is 5.75 Å². The first-order valence-corrected chi connectivity index (χ1v) is 10.0. The van der Waals surface area contributed by atoms with Crippen molar-refractivity contribution in [1.82, 2.24) is 0 Å². The lowest BCUT2D eigenvalue weighted by Crippen LogP contribution is -2.32. The van der Waals surface area contributed by atoms with Gasteiger partial charge in [0, 0.05) is 18.6 Å². The SMILES string of the molecule is CCCCCCCCCCCCCCCC[n+]1ccc(O)cc1. The molecule has 0 aliphatic carbocycles. The minimum absolute atomic E-state index is 0.349. The van der Waals surface area contributed by atoms with Gasteiger partial charge in [-0.05, 0) is 6.42 Å². The van der Waals surface area contributed by atoms with Crippen molar-refractivity contribution >= 4 is 0 Å². The third-order valence-electron chi connectivity index (χ3n) is 4.64. The van der Waals surface area contributed by atoms with Gasteiger partial charge in [0.05, 0.1) is 0 Å². The summed E-state index contributed by atoms with van der Waals surface area (Å²) in [5, 5.41) is 9.24. The van der Waals surface area contributed by atoms with Crippen molar-refractivity contribution in [3.8, 4) is 5.75 Å². The molecular weight excluding hydrogens is 282 g/mol. The Morgan fingerprint density at radius 2 is 1.04 bits per heavy atom. The molecule has 0 amide bonds. The van der Waals surface area contributed by atoms with E-state index in [0.29, 0.717) is 5.75 Å². The van der Waals surface area contributed by atoms with Crippen molar-refractivity contribution < 1.29 is 9.67 Å². The van der Waals surface area contributed by atoms with Gasteiger partial charge >= 0.3 is 0 Å². The Labute approximate surface area is 143 Å². The highest BCUT2D eigenvalue weighted by Crippen LogP contribution is 2.12. The van der Waals surface area contributed by atoms with Gasteiger partial charge in [0.2, 0.25) is 0 Å². The number of aromatic nitrogens is 1. The Morgan fingerprint density at radius 1 is 0.652 bits per heavy atom. The highest BCUT2D eigenvalue weighted by Gasteiger charge is 2.00. The maximum Gasteiger partial charge on any atom is 0.172 e. The predicted octanol–water partition coefficient (Wildman–Crippen LogP) is 6.16. The third kappa shape index (κ3) is 12.1. The lowest BCUT2D eigenvalue weighted by atomic mass is 10.0. The third-order valence-corrected chi connectivity index (χ3v) is 4.64. The standard InChI is InChI=1S/C21H37NO/c1-2-3-4-5-6-7-8-9-10-11-12-13-14-15-18-22-19-16-21(23)17-20-22/h16-17,19-20H,2-15,18H2,1H3/p+1. The second-order valence-corrected chi connectivity index (χ2v) is 6.89. The molecule has 1 rings (SSSR count). The molecular formula is C21H38NO+. The highest BCUT2D eigenvalue weighted by atomic mass is 16.3. The van der Waals surface area contributed by atoms with Crippen LogP contribution in [0.15, 0.2) is 24.5 Å². The van der Waals surface area contributed by atoms with Gasteiger partial charge in [0.15, 0.2) is 12.4 Å². The summed E-state index contributed by atoms with van der Waals surface area (Å²) in [6.45, 7) is 3.35. The van der Waals surface area contributed by atoms with Crippen molar-refractivity contribution in [3.63, 3.8) is 0 Å². The van der Waals surface area contributed by atoms with E-state index < -0.39 is 0 Å². The average molecular weight is 321 g/mol. The molecule has 2 nitrogen and oxygen atoms in total. The van der Waals surface area contributed by atoms with Crippen LogP contribution in [-0.4, -0.2) is 5.11 Å². The molecule has 23 heavy (non-hydrogen) atoms. The minimum Gasteiger partial charge on any atom is -0.507 e. The van der Waals surface area contributed by atoms with Crippen LogP contribution < -0.4 is 4.57 Å². The molecule has 0 saturated heterocycles. The second kappa shape index (κ2) is 14.5. The van der Waals surface area contributed by atoms with Gasteiger partial charge in [0.1, 0.15) is 12.3 Å². The van der Waals surface area contributed by atoms with E-state index in [1.165, 1.54) is 89.9 Å². The molecule has 0 saturated carbocycles. The number of hydrogen-bond acceptors (Lipinski definition) is 1. The molecule has 1 aromatic heterocycles. The zero-order chi connectivity index (χ0) is 16.6. The summed E-state index contributed by atoms with van der Waals surface area (Å²) in [6.07, 6.45) is 23.6. The summed E-state index contributed by atoms with van der Waals surface area (Å²) in [6, 6.07) is 3.51. The summed E-state index contributed by atoms with van der Waals surface area (Å²) >= 11 is 0. The van der Waals surface area contributed by atoms with E-state index in [4.69, 9.17) is 0 Å². The van der Waals surface area contributed by atoms with Crippen molar-refractivity contribution in [1.29, 1.82) is 0 Å². The normalized spacial score (nSPS) is 11.0. The zero-order valence-electron chi connectivity index (χ0n) is 15.3. The van der Waals surface area contributed by atoms with E-state index in [0.717, 1.165) is 6.54 Å². The van der Waals surface area contributed by atoms with Crippen LogP contribution in [0.4, 0.5) is 0 Å². The van der Waals surface area contributed by atoms with Crippen LogP contribution in [0.1, 0.15) is 96.8 Å². The van der Waals surface area contributed by atoms with Gasteiger partial charge in [-0.3, -0.25) is 0 Å². The van der Waals surface area contributed by atoms with Gasteiger partial charge in [-0.25, -0.2) is 4.57 Å². The summed E-state index contributed by atoms with van der Waals surface area (Å²) in [5.41, 5.74) is 0. The number of aromatic hydroxyl groups is 1. The first kappa shape index (κ1) is 20.0. The topological polar surface area (TPSA) is 24.1 Å². The first-order valence-electron chi connectivity index (χ1n) is 10.0. The molecule has 0 atom stereocenters. The largest absolute Gasteiger partial charge is 0.507 e. The summed E-state index contributed by atoms with van der Waals surface area (Å²) in [5.74, 6) is 0.349. The fourth-order valence-electron chi connectivity index (χ4n) is 3.09. The van der Waals surface area contributed by atoms with Gasteiger partial charge < -0.3 is 5.11 Å². The fraction of sp³-hybridized carbons (Fsp3) is 0.762. The molecule has 0 radical (unpaired) electrons. The van der Waals surface area contributed by atoms with Gasteiger partial charge in [-0.2, -0.15) is 0 Å². The Kier molecular flexibility index (Phi) is 12.6. The van der Waals surface area contributed by atoms with Crippen molar-refractivity contribution in [2.75, 3.05) is 0 Å². The molecule has 0 aliphatic heterocycles. The van der Waals surface area contributed by atoms with E-state index in [9.17, 15) is 5.11 Å². The van der Waals surface area contributed by atoms with Crippen molar-refractivity contribution in [2.45, 2.75) is 103 Å². The van der Waals surface area contributed by atoms with Crippen LogP contribution in [0.3, 0.4) is 0 Å². The number of rotatable bonds is 15. The lowest BCUT2D eigenvalue weighted by molar-refractivity contribution is -0.697. The summed E-state index contributed by atoms with van der Waals surface area (Å²) in [7, 11) is 0. The molecule has 0 unspecified atom stereocenters. The highest BCUT2D eigenvalue weighted by molar-refractivity contribution is 5.11. The van der Waals surface area contributed by atoms with E-state index in [2.05, 4.69) is 11.5 Å². The van der Waals surface area contributed by atoms with E-state index >= 15 is 0 Å². The predicted molar refractivity (Wildman–Crippen MR) is 98.6 cm³/mol. The van der Waals surface area contributed by atoms with Crippen LogP contribution in [0, 0.1) is 0 Å². The molecule has 1 heterocycles. The Balaban J connectivity index is 1.77. The number of hydrogen-bond donors (Lipinski definition) is 1. The zero-order valence-corrected chi connectivity index (χ0v) is 15.3. The smallest absolute Gasteiger partial charge is 0.172 e. The monoisotopic (exact) mass is 320 g/mol. The van der Waals surface area contributed by atoms with E-state index in [1.807, 2.05) is 12.4 Å². The maximum atomic E-state index is 9.24. The molecule has 132 valence electrons. The molecule has 0 fully saturated rings. The van der Waals surface area contributed by atoms with Crippen LogP contribution in [0.25, 0.3) is 0 Å². The van der Waals surface area contributed by atoms with Crippen LogP contribution in [-0.2, 0) is 6.54 Å². The number of pyridine rings is 1. The summed E-state index contributed by atoms with van der Waals surface area (Å²) in [4.78, 5) is 0. The Bertz CT molecular complexity index is 361. The van der Waals surface area contributed by atoms with Gasteiger partial charge in [-0.1, -0.05) is 84.0 Å². The quantitative estimate of drug-likeness (QED) is 0.303. The van der Waals surface area contributed by atoms with Crippen LogP contribution in [0.2, 0.25) is 0 Å². The number of unbranched alkanes of at least 4 members (excludes halogenated alkanes) is 13. The Morgan fingerprint density at radius 3 is 1.48 bits per heavy atom. The first-order chi connectivity index (χ1) is 11.3. The van der Waals surface area contributed by atoms with Crippen molar-refractivity contribution in [3.05, 3.63) is 24.5 Å². The molecule has 1 N–H and O–H groups in total. The number of nitrogens with zero attached hydrogens (tertiary/aromatic N) is 1. The molecule has 0 aromatic carbocycles. The molecule has 0 bridgehead atoms. The molecule has 1 aromatic rings. The van der Waals surface area contributed by atoms with Crippen molar-refractivity contribution in [2.24, 2.45) is 0 Å². The minimum atomic E-state index is 0.349.